The second-order valence-electron chi connectivity index (χ2n) is 5.67. The number of hydrogen-bond donors (Lipinski definition) is 1. The quantitative estimate of drug-likeness (QED) is 0.684. The Morgan fingerprint density at radius 3 is 2.48 bits per heavy atom. The van der Waals surface area contributed by atoms with Gasteiger partial charge in [-0.15, -0.1) is 12.4 Å². The maximum atomic E-state index is 14.4. The lowest BCUT2D eigenvalue weighted by Gasteiger charge is -2.11. The number of rotatable bonds is 2. The van der Waals surface area contributed by atoms with Crippen LogP contribution in [-0.4, -0.2) is 15.0 Å². The summed E-state index contributed by atoms with van der Waals surface area (Å²) < 4.78 is 58.4. The van der Waals surface area contributed by atoms with Gasteiger partial charge in [0.05, 0.1) is 9.79 Å². The molecule has 0 bridgehead atoms. The van der Waals surface area contributed by atoms with Crippen molar-refractivity contribution in [1.82, 2.24) is 5.32 Å². The third-order valence-corrected chi connectivity index (χ3v) is 5.92. The average molecular weight is 386 g/mol. The molecule has 1 aliphatic rings. The van der Waals surface area contributed by atoms with E-state index in [9.17, 15) is 17.2 Å². The van der Waals surface area contributed by atoms with Gasteiger partial charge < -0.3 is 9.73 Å². The van der Waals surface area contributed by atoms with Crippen LogP contribution >= 0.6 is 12.4 Å². The van der Waals surface area contributed by atoms with Gasteiger partial charge in [0.15, 0.2) is 11.4 Å². The molecule has 0 saturated carbocycles. The van der Waals surface area contributed by atoms with Crippen LogP contribution < -0.4 is 5.32 Å². The van der Waals surface area contributed by atoms with Gasteiger partial charge in [-0.05, 0) is 36.4 Å². The maximum Gasteiger partial charge on any atom is 0.206 e. The fraction of sp³-hybridized carbons (Fsp3) is 0.176. The lowest BCUT2D eigenvalue weighted by molar-refractivity contribution is 0.485. The molecule has 1 aliphatic heterocycles. The molecule has 0 aliphatic carbocycles. The molecule has 0 radical (unpaired) electrons. The Morgan fingerprint density at radius 1 is 1.04 bits per heavy atom. The summed E-state index contributed by atoms with van der Waals surface area (Å²) in [6.07, 6.45) is 0.628. The Balaban J connectivity index is 0.00000182. The Labute approximate surface area is 149 Å². The number of fused-ring (bicyclic) bond motifs is 3. The van der Waals surface area contributed by atoms with Gasteiger partial charge in [0.1, 0.15) is 11.6 Å². The molecule has 0 spiro atoms. The number of benzene rings is 2. The highest BCUT2D eigenvalue weighted by Crippen LogP contribution is 2.33. The first-order chi connectivity index (χ1) is 11.5. The Hall–Kier alpha value is -1.96. The number of sulfone groups is 1. The van der Waals surface area contributed by atoms with E-state index in [4.69, 9.17) is 4.42 Å². The summed E-state index contributed by atoms with van der Waals surface area (Å²) in [6, 6.07) is 6.82. The monoisotopic (exact) mass is 385 g/mol. The van der Waals surface area contributed by atoms with Crippen molar-refractivity contribution in [2.24, 2.45) is 0 Å². The van der Waals surface area contributed by atoms with Gasteiger partial charge in [0.25, 0.3) is 0 Å². The van der Waals surface area contributed by atoms with E-state index in [1.165, 1.54) is 18.2 Å². The molecular weight excluding hydrogens is 372 g/mol. The van der Waals surface area contributed by atoms with Crippen LogP contribution in [0.4, 0.5) is 8.78 Å². The van der Waals surface area contributed by atoms with Crippen LogP contribution in [0, 0.1) is 11.6 Å². The van der Waals surface area contributed by atoms with Gasteiger partial charge in [0, 0.05) is 30.5 Å². The van der Waals surface area contributed by atoms with Crippen molar-refractivity contribution in [3.8, 4) is 0 Å². The molecule has 8 heteroatoms. The van der Waals surface area contributed by atoms with Crippen LogP contribution in [0.25, 0.3) is 11.0 Å². The van der Waals surface area contributed by atoms with Crippen molar-refractivity contribution in [3.63, 3.8) is 0 Å². The highest BCUT2D eigenvalue weighted by Gasteiger charge is 2.25. The zero-order valence-electron chi connectivity index (χ0n) is 12.9. The van der Waals surface area contributed by atoms with E-state index in [2.05, 4.69) is 5.32 Å². The van der Waals surface area contributed by atoms with E-state index < -0.39 is 21.5 Å². The molecule has 0 saturated heterocycles. The number of halogens is 3. The Morgan fingerprint density at radius 2 is 1.76 bits per heavy atom. The second kappa shape index (κ2) is 6.40. The summed E-state index contributed by atoms with van der Waals surface area (Å²) >= 11 is 0. The maximum absolute atomic E-state index is 14.4. The summed E-state index contributed by atoms with van der Waals surface area (Å²) in [4.78, 5) is -0.258. The van der Waals surface area contributed by atoms with E-state index in [1.807, 2.05) is 0 Å². The number of furan rings is 1. The summed E-state index contributed by atoms with van der Waals surface area (Å²) in [5.74, 6) is -0.577. The molecule has 1 aromatic heterocycles. The molecule has 4 nitrogen and oxygen atoms in total. The van der Waals surface area contributed by atoms with E-state index in [0.29, 0.717) is 24.1 Å². The van der Waals surface area contributed by atoms with Crippen LogP contribution in [-0.2, 0) is 22.8 Å². The van der Waals surface area contributed by atoms with Gasteiger partial charge in [-0.25, -0.2) is 17.2 Å². The van der Waals surface area contributed by atoms with Crippen molar-refractivity contribution in [2.45, 2.75) is 22.8 Å². The van der Waals surface area contributed by atoms with Crippen LogP contribution in [0.5, 0.6) is 0 Å². The average Bonchev–Trinajstić information content (AvgIpc) is 2.95. The van der Waals surface area contributed by atoms with Crippen LogP contribution in [0.2, 0.25) is 0 Å². The molecule has 1 N–H and O–H groups in total. The van der Waals surface area contributed by atoms with Gasteiger partial charge in [-0.3, -0.25) is 0 Å². The molecule has 0 atom stereocenters. The molecule has 4 rings (SSSR count). The van der Waals surface area contributed by atoms with Gasteiger partial charge in [-0.2, -0.15) is 0 Å². The molecule has 132 valence electrons. The Kier molecular flexibility index (Phi) is 4.57. The fourth-order valence-electron chi connectivity index (χ4n) is 2.95. The van der Waals surface area contributed by atoms with E-state index in [-0.39, 0.29) is 27.8 Å². The summed E-state index contributed by atoms with van der Waals surface area (Å²) in [6.45, 7) is 1.23. The lowest BCUT2D eigenvalue weighted by Crippen LogP contribution is -2.22. The standard InChI is InChI=1S/C17H13F2NO3S.ClH/c18-10-1-3-11(4-2-10)24(21,22)12-7-13-14-9-20-6-5-16(14)23-17(13)15(19)8-12;/h1-4,7-8,20H,5-6,9H2;1H. The van der Waals surface area contributed by atoms with Crippen LogP contribution in [0.1, 0.15) is 11.3 Å². The predicted octanol–water partition coefficient (Wildman–Crippen LogP) is 3.61. The first-order valence-corrected chi connectivity index (χ1v) is 8.90. The van der Waals surface area contributed by atoms with Crippen molar-refractivity contribution in [2.75, 3.05) is 6.54 Å². The molecule has 2 heterocycles. The highest BCUT2D eigenvalue weighted by molar-refractivity contribution is 7.91. The zero-order valence-corrected chi connectivity index (χ0v) is 14.5. The van der Waals surface area contributed by atoms with Crippen molar-refractivity contribution in [1.29, 1.82) is 0 Å². The molecule has 2 aromatic carbocycles. The molecule has 3 aromatic rings. The van der Waals surface area contributed by atoms with Crippen LogP contribution in [0.3, 0.4) is 0 Å². The van der Waals surface area contributed by atoms with E-state index >= 15 is 0 Å². The lowest BCUT2D eigenvalue weighted by atomic mass is 10.1. The smallest absolute Gasteiger partial charge is 0.206 e. The van der Waals surface area contributed by atoms with Crippen LogP contribution in [0.15, 0.2) is 50.6 Å². The van der Waals surface area contributed by atoms with Crippen molar-refractivity contribution >= 4 is 33.2 Å². The SMILES string of the molecule is Cl.O=S(=O)(c1ccc(F)cc1)c1cc(F)c2oc3c(c2c1)CNCC3. The predicted molar refractivity (Wildman–Crippen MR) is 90.7 cm³/mol. The normalized spacial score (nSPS) is 14.2. The first-order valence-electron chi connectivity index (χ1n) is 7.42. The first kappa shape index (κ1) is 17.8. The zero-order chi connectivity index (χ0) is 16.9. The largest absolute Gasteiger partial charge is 0.458 e. The summed E-state index contributed by atoms with van der Waals surface area (Å²) in [5.41, 5.74) is 0.855. The Bertz CT molecular complexity index is 1050. The second-order valence-corrected chi connectivity index (χ2v) is 7.62. The highest BCUT2D eigenvalue weighted by atomic mass is 35.5. The number of hydrogen-bond acceptors (Lipinski definition) is 4. The number of nitrogens with one attached hydrogen (secondary N) is 1. The van der Waals surface area contributed by atoms with Gasteiger partial charge >= 0.3 is 0 Å². The molecule has 0 fully saturated rings. The third-order valence-electron chi connectivity index (χ3n) is 4.17. The minimum absolute atomic E-state index is 0. The fourth-order valence-corrected chi connectivity index (χ4v) is 4.25. The van der Waals surface area contributed by atoms with Gasteiger partial charge in [-0.1, -0.05) is 0 Å². The summed E-state index contributed by atoms with van der Waals surface area (Å²) in [5, 5.41) is 3.62. The summed E-state index contributed by atoms with van der Waals surface area (Å²) in [7, 11) is -3.94. The third kappa shape index (κ3) is 2.92. The molecular formula is C17H14ClF2NO3S. The molecule has 25 heavy (non-hydrogen) atoms. The van der Waals surface area contributed by atoms with E-state index in [0.717, 1.165) is 30.3 Å². The topological polar surface area (TPSA) is 59.3 Å². The van der Waals surface area contributed by atoms with Crippen molar-refractivity contribution < 1.29 is 21.6 Å². The van der Waals surface area contributed by atoms with Gasteiger partial charge in [0.2, 0.25) is 9.84 Å². The molecule has 0 unspecified atom stereocenters. The minimum Gasteiger partial charge on any atom is -0.458 e. The van der Waals surface area contributed by atoms with Crippen molar-refractivity contribution in [3.05, 3.63) is 59.4 Å². The van der Waals surface area contributed by atoms with E-state index in [1.54, 1.807) is 0 Å². The molecule has 0 amide bonds. The minimum atomic E-state index is -3.94.